The second-order valence-electron chi connectivity index (χ2n) is 4.69. The van der Waals surface area contributed by atoms with Crippen LogP contribution in [-0.4, -0.2) is 24.4 Å². The van der Waals surface area contributed by atoms with Crippen molar-refractivity contribution in [2.75, 3.05) is 20.2 Å². The van der Waals surface area contributed by atoms with Crippen LogP contribution in [0.1, 0.15) is 12.8 Å². The van der Waals surface area contributed by atoms with Gasteiger partial charge in [-0.15, -0.1) is 12.4 Å². The topological polar surface area (TPSA) is 38.3 Å². The lowest BCUT2D eigenvalue weighted by molar-refractivity contribution is 0.299. The van der Waals surface area contributed by atoms with Crippen molar-refractivity contribution in [3.05, 3.63) is 54.6 Å². The van der Waals surface area contributed by atoms with E-state index in [0.29, 0.717) is 12.4 Å². The molecular formula is C17H22ClNO2S. The zero-order valence-electron chi connectivity index (χ0n) is 12.7. The normalized spacial score (nSPS) is 11.5. The molecule has 120 valence electrons. The summed E-state index contributed by atoms with van der Waals surface area (Å²) < 4.78 is 18.4. The van der Waals surface area contributed by atoms with Gasteiger partial charge in [0.15, 0.2) is 0 Å². The highest BCUT2D eigenvalue weighted by Gasteiger charge is 2.12. The van der Waals surface area contributed by atoms with Gasteiger partial charge < -0.3 is 10.1 Å². The van der Waals surface area contributed by atoms with Crippen LogP contribution in [0.5, 0.6) is 5.75 Å². The van der Waals surface area contributed by atoms with Gasteiger partial charge in [0.2, 0.25) is 0 Å². The van der Waals surface area contributed by atoms with Gasteiger partial charge in [-0.25, -0.2) is 4.21 Å². The lowest BCUT2D eigenvalue weighted by Gasteiger charge is -2.11. The first-order valence-electron chi connectivity index (χ1n) is 7.16. The standard InChI is InChI=1S/C17H21NO2S.ClH/c1-18-13-7-8-14-20-16-11-5-6-12-17(16)21(19)15-9-3-2-4-10-15;/h2-6,9-12,18H,7-8,13-14H2,1H3;1H. The van der Waals surface area contributed by atoms with E-state index in [1.807, 2.05) is 61.6 Å². The first-order valence-corrected chi connectivity index (χ1v) is 8.31. The average molecular weight is 340 g/mol. The summed E-state index contributed by atoms with van der Waals surface area (Å²) in [7, 11) is 0.739. The average Bonchev–Trinajstić information content (AvgIpc) is 2.55. The smallest absolute Gasteiger partial charge is 0.135 e. The molecule has 3 nitrogen and oxygen atoms in total. The molecule has 2 aromatic carbocycles. The maximum absolute atomic E-state index is 12.6. The second-order valence-corrected chi connectivity index (χ2v) is 6.14. The van der Waals surface area contributed by atoms with E-state index in [9.17, 15) is 4.21 Å². The maximum atomic E-state index is 12.6. The summed E-state index contributed by atoms with van der Waals surface area (Å²) in [5, 5.41) is 3.11. The number of rotatable bonds is 8. The summed E-state index contributed by atoms with van der Waals surface area (Å²) in [6.07, 6.45) is 2.05. The number of benzene rings is 2. The monoisotopic (exact) mass is 339 g/mol. The molecule has 5 heteroatoms. The van der Waals surface area contributed by atoms with Crippen LogP contribution in [0.25, 0.3) is 0 Å². The zero-order valence-corrected chi connectivity index (χ0v) is 14.3. The van der Waals surface area contributed by atoms with Crippen molar-refractivity contribution in [1.29, 1.82) is 0 Å². The molecule has 0 fully saturated rings. The Hall–Kier alpha value is -1.36. The van der Waals surface area contributed by atoms with Crippen molar-refractivity contribution in [2.45, 2.75) is 22.6 Å². The largest absolute Gasteiger partial charge is 0.492 e. The van der Waals surface area contributed by atoms with Gasteiger partial charge >= 0.3 is 0 Å². The number of hydrogen-bond donors (Lipinski definition) is 1. The van der Waals surface area contributed by atoms with Crippen LogP contribution in [0.3, 0.4) is 0 Å². The summed E-state index contributed by atoms with van der Waals surface area (Å²) in [6, 6.07) is 17.0. The third-order valence-electron chi connectivity index (χ3n) is 3.08. The van der Waals surface area contributed by atoms with Crippen LogP contribution in [0, 0.1) is 0 Å². The predicted octanol–water partition coefficient (Wildman–Crippen LogP) is 3.65. The Balaban J connectivity index is 0.00000242. The van der Waals surface area contributed by atoms with E-state index < -0.39 is 10.8 Å². The van der Waals surface area contributed by atoms with Crippen LogP contribution in [0.15, 0.2) is 64.4 Å². The first kappa shape index (κ1) is 18.7. The molecule has 22 heavy (non-hydrogen) atoms. The molecule has 0 bridgehead atoms. The van der Waals surface area contributed by atoms with Crippen LogP contribution in [0.4, 0.5) is 0 Å². The van der Waals surface area contributed by atoms with Gasteiger partial charge in [0.25, 0.3) is 0 Å². The van der Waals surface area contributed by atoms with Crippen molar-refractivity contribution in [3.63, 3.8) is 0 Å². The minimum absolute atomic E-state index is 0. The lowest BCUT2D eigenvalue weighted by Crippen LogP contribution is -2.09. The molecule has 0 saturated heterocycles. The van der Waals surface area contributed by atoms with E-state index in [-0.39, 0.29) is 12.4 Å². The van der Waals surface area contributed by atoms with Crippen LogP contribution in [-0.2, 0) is 10.8 Å². The summed E-state index contributed by atoms with van der Waals surface area (Å²) in [5.41, 5.74) is 0. The molecule has 0 aliphatic carbocycles. The van der Waals surface area contributed by atoms with Crippen molar-refractivity contribution in [2.24, 2.45) is 0 Å². The molecule has 2 aromatic rings. The highest BCUT2D eigenvalue weighted by molar-refractivity contribution is 7.85. The number of halogens is 1. The molecule has 1 atom stereocenters. The summed E-state index contributed by atoms with van der Waals surface area (Å²) in [4.78, 5) is 1.53. The quantitative estimate of drug-likeness (QED) is 0.746. The van der Waals surface area contributed by atoms with E-state index in [1.54, 1.807) is 0 Å². The molecule has 1 N–H and O–H groups in total. The molecule has 0 aliphatic rings. The minimum atomic E-state index is -1.20. The third kappa shape index (κ3) is 5.44. The number of ether oxygens (including phenoxy) is 1. The van der Waals surface area contributed by atoms with Gasteiger partial charge in [-0.3, -0.25) is 0 Å². The molecule has 0 heterocycles. The van der Waals surface area contributed by atoms with Crippen molar-refractivity contribution < 1.29 is 8.95 Å². The molecular weight excluding hydrogens is 318 g/mol. The Morgan fingerprint density at radius 2 is 1.68 bits per heavy atom. The predicted molar refractivity (Wildman–Crippen MR) is 93.5 cm³/mol. The van der Waals surface area contributed by atoms with Crippen LogP contribution >= 0.6 is 12.4 Å². The Bertz CT molecular complexity index is 578. The Morgan fingerprint density at radius 1 is 1.00 bits per heavy atom. The number of nitrogens with one attached hydrogen (secondary N) is 1. The number of hydrogen-bond acceptors (Lipinski definition) is 3. The molecule has 2 rings (SSSR count). The summed E-state index contributed by atoms with van der Waals surface area (Å²) in [6.45, 7) is 1.63. The molecule has 0 aromatic heterocycles. The Morgan fingerprint density at radius 3 is 2.41 bits per heavy atom. The van der Waals surface area contributed by atoms with E-state index >= 15 is 0 Å². The minimum Gasteiger partial charge on any atom is -0.492 e. The van der Waals surface area contributed by atoms with Gasteiger partial charge in [0.1, 0.15) is 5.75 Å². The molecule has 1 unspecified atom stereocenters. The lowest BCUT2D eigenvalue weighted by atomic mass is 10.3. The summed E-state index contributed by atoms with van der Waals surface area (Å²) >= 11 is 0. The van der Waals surface area contributed by atoms with Crippen LogP contribution in [0.2, 0.25) is 0 Å². The van der Waals surface area contributed by atoms with Crippen molar-refractivity contribution in [3.8, 4) is 5.75 Å². The highest BCUT2D eigenvalue weighted by Crippen LogP contribution is 2.26. The van der Waals surface area contributed by atoms with Crippen molar-refractivity contribution in [1.82, 2.24) is 5.32 Å². The molecule has 0 amide bonds. The van der Waals surface area contributed by atoms with E-state index in [0.717, 1.165) is 29.2 Å². The SMILES string of the molecule is CNCCCCOc1ccccc1S(=O)c1ccccc1.Cl. The molecule has 0 radical (unpaired) electrons. The Kier molecular flexibility index (Phi) is 8.82. The van der Waals surface area contributed by atoms with Crippen molar-refractivity contribution >= 4 is 23.2 Å². The summed E-state index contributed by atoms with van der Waals surface area (Å²) in [5.74, 6) is 0.712. The van der Waals surface area contributed by atoms with E-state index in [1.165, 1.54) is 0 Å². The maximum Gasteiger partial charge on any atom is 0.135 e. The van der Waals surface area contributed by atoms with Gasteiger partial charge in [-0.2, -0.15) is 0 Å². The highest BCUT2D eigenvalue weighted by atomic mass is 35.5. The molecule has 0 spiro atoms. The zero-order chi connectivity index (χ0) is 14.9. The molecule has 0 saturated carbocycles. The van der Waals surface area contributed by atoms with Crippen LogP contribution < -0.4 is 10.1 Å². The fraction of sp³-hybridized carbons (Fsp3) is 0.294. The number of para-hydroxylation sites is 1. The van der Waals surface area contributed by atoms with Gasteiger partial charge in [-0.1, -0.05) is 30.3 Å². The van der Waals surface area contributed by atoms with Gasteiger partial charge in [-0.05, 0) is 50.7 Å². The first-order chi connectivity index (χ1) is 10.3. The second kappa shape index (κ2) is 10.4. The van der Waals surface area contributed by atoms with Gasteiger partial charge in [0.05, 0.1) is 22.3 Å². The van der Waals surface area contributed by atoms with Gasteiger partial charge in [0, 0.05) is 4.90 Å². The molecule has 0 aliphatic heterocycles. The fourth-order valence-corrected chi connectivity index (χ4v) is 3.15. The van der Waals surface area contributed by atoms with E-state index in [2.05, 4.69) is 5.32 Å². The fourth-order valence-electron chi connectivity index (χ4n) is 1.98. The van der Waals surface area contributed by atoms with E-state index in [4.69, 9.17) is 4.74 Å². The number of unbranched alkanes of at least 4 members (excludes halogenated alkanes) is 1. The third-order valence-corrected chi connectivity index (χ3v) is 4.52. The Labute approximate surface area is 141 Å².